The molecule has 2 aliphatic carbocycles. The quantitative estimate of drug-likeness (QED) is 0.327. The van der Waals surface area contributed by atoms with Gasteiger partial charge in [-0.25, -0.2) is 0 Å². The minimum absolute atomic E-state index is 0.381. The molecule has 0 fully saturated rings. The zero-order chi connectivity index (χ0) is 22.4. The molecule has 0 heterocycles. The second-order valence-corrected chi connectivity index (χ2v) is 8.97. The van der Waals surface area contributed by atoms with E-state index >= 15 is 0 Å². The van der Waals surface area contributed by atoms with Crippen molar-refractivity contribution >= 4 is 45.3 Å². The average Bonchev–Trinajstić information content (AvgIpc) is 2.87. The highest BCUT2D eigenvalue weighted by Crippen LogP contribution is 2.40. The monoisotopic (exact) mass is 428 g/mol. The van der Waals surface area contributed by atoms with Gasteiger partial charge in [-0.2, -0.15) is 0 Å². The van der Waals surface area contributed by atoms with Gasteiger partial charge in [0.05, 0.1) is 0 Å². The Hall–Kier alpha value is -3.40. The predicted octanol–water partition coefficient (Wildman–Crippen LogP) is 5.66. The van der Waals surface area contributed by atoms with Crippen molar-refractivity contribution < 1.29 is 10.0 Å². The van der Waals surface area contributed by atoms with Crippen LogP contribution in [0.4, 0.5) is 0 Å². The Morgan fingerprint density at radius 3 is 2.00 bits per heavy atom. The van der Waals surface area contributed by atoms with Crippen LogP contribution >= 0.6 is 0 Å². The van der Waals surface area contributed by atoms with Gasteiger partial charge in [-0.1, -0.05) is 97.1 Å². The van der Waals surface area contributed by atoms with Gasteiger partial charge in [-0.3, -0.25) is 0 Å². The van der Waals surface area contributed by atoms with Crippen molar-refractivity contribution in [1.82, 2.24) is 0 Å². The molecule has 160 valence electrons. The summed E-state index contributed by atoms with van der Waals surface area (Å²) in [6.45, 7) is 0. The Labute approximate surface area is 194 Å². The summed E-state index contributed by atoms with van der Waals surface area (Å²) in [6, 6.07) is 24.9. The molecule has 0 bridgehead atoms. The molecule has 0 saturated heterocycles. The Kier molecular flexibility index (Phi) is 5.02. The summed E-state index contributed by atoms with van der Waals surface area (Å²) in [7, 11) is -1.52. The van der Waals surface area contributed by atoms with Crippen LogP contribution in [0, 0.1) is 5.92 Å². The van der Waals surface area contributed by atoms with Crippen molar-refractivity contribution in [2.45, 2.75) is 19.3 Å². The van der Waals surface area contributed by atoms with Crippen LogP contribution in [0.1, 0.15) is 29.5 Å². The third kappa shape index (κ3) is 3.36. The average molecular weight is 428 g/mol. The standard InChI is InChI=1S/C30H25BO2/c32-31(33)30-27-13-5-3-11-25(27)29(26-12-4-6-14-28(26)30)22-18-16-21(17-19-22)24-15-7-9-20-8-1-2-10-23(20)24/h1-6,8,10-16,18-19,21,32-33H,7,9,17H2. The van der Waals surface area contributed by atoms with Crippen LogP contribution in [0.5, 0.6) is 0 Å². The molecule has 4 aromatic rings. The molecular weight excluding hydrogens is 403 g/mol. The van der Waals surface area contributed by atoms with Gasteiger partial charge in [0.25, 0.3) is 0 Å². The van der Waals surface area contributed by atoms with Crippen LogP contribution in [-0.2, 0) is 6.42 Å². The van der Waals surface area contributed by atoms with Gasteiger partial charge in [0, 0.05) is 5.92 Å². The van der Waals surface area contributed by atoms with E-state index < -0.39 is 7.12 Å². The van der Waals surface area contributed by atoms with Crippen LogP contribution in [-0.4, -0.2) is 17.2 Å². The molecule has 1 unspecified atom stereocenters. The van der Waals surface area contributed by atoms with Crippen molar-refractivity contribution in [3.05, 3.63) is 114 Å². The summed E-state index contributed by atoms with van der Waals surface area (Å²) in [5.41, 5.74) is 7.23. The second kappa shape index (κ2) is 8.19. The summed E-state index contributed by atoms with van der Waals surface area (Å²) < 4.78 is 0. The SMILES string of the molecule is OB(O)c1c2ccccc2c(C2=CCC(C3=CCCc4ccccc43)C=C2)c2ccccc12. The molecule has 0 aromatic heterocycles. The molecule has 0 amide bonds. The first kappa shape index (κ1) is 20.2. The lowest BCUT2D eigenvalue weighted by molar-refractivity contribution is 0.426. The van der Waals surface area contributed by atoms with E-state index in [9.17, 15) is 10.0 Å². The number of aryl methyl sites for hydroxylation is 1. The topological polar surface area (TPSA) is 40.5 Å². The van der Waals surface area contributed by atoms with Crippen molar-refractivity contribution in [3.8, 4) is 0 Å². The van der Waals surface area contributed by atoms with Crippen LogP contribution in [0.2, 0.25) is 0 Å². The van der Waals surface area contributed by atoms with E-state index in [1.165, 1.54) is 27.8 Å². The maximum atomic E-state index is 10.2. The first-order chi connectivity index (χ1) is 16.2. The Morgan fingerprint density at radius 2 is 1.36 bits per heavy atom. The van der Waals surface area contributed by atoms with E-state index in [0.717, 1.165) is 40.8 Å². The molecular formula is C30H25BO2. The normalized spacial score (nSPS) is 17.6. The second-order valence-electron chi connectivity index (χ2n) is 8.97. The summed E-state index contributed by atoms with van der Waals surface area (Å²) in [5, 5.41) is 24.3. The summed E-state index contributed by atoms with van der Waals surface area (Å²) >= 11 is 0. The molecule has 6 rings (SSSR count). The van der Waals surface area contributed by atoms with E-state index in [-0.39, 0.29) is 0 Å². The summed E-state index contributed by atoms with van der Waals surface area (Å²) in [6.07, 6.45) is 12.6. The van der Waals surface area contributed by atoms with Crippen molar-refractivity contribution in [2.75, 3.05) is 0 Å². The molecule has 33 heavy (non-hydrogen) atoms. The van der Waals surface area contributed by atoms with Crippen molar-refractivity contribution in [3.63, 3.8) is 0 Å². The van der Waals surface area contributed by atoms with E-state index in [1.807, 2.05) is 36.4 Å². The number of rotatable bonds is 3. The van der Waals surface area contributed by atoms with Gasteiger partial charge in [0.2, 0.25) is 0 Å². The number of allylic oxidation sites excluding steroid dienone is 6. The fraction of sp³-hybridized carbons (Fsp3) is 0.133. The lowest BCUT2D eigenvalue weighted by Crippen LogP contribution is -2.31. The van der Waals surface area contributed by atoms with Crippen molar-refractivity contribution in [1.29, 1.82) is 0 Å². The fourth-order valence-electron chi connectivity index (χ4n) is 5.65. The molecule has 2 N–H and O–H groups in total. The molecule has 0 aliphatic heterocycles. The highest BCUT2D eigenvalue weighted by molar-refractivity contribution is 6.65. The number of hydrogen-bond acceptors (Lipinski definition) is 2. The van der Waals surface area contributed by atoms with Crippen LogP contribution in [0.15, 0.2) is 97.1 Å². The zero-order valence-electron chi connectivity index (χ0n) is 18.4. The smallest absolute Gasteiger partial charge is 0.423 e. The number of hydrogen-bond donors (Lipinski definition) is 2. The molecule has 3 heteroatoms. The van der Waals surface area contributed by atoms with Crippen molar-refractivity contribution in [2.24, 2.45) is 5.92 Å². The molecule has 0 saturated carbocycles. The lowest BCUT2D eigenvalue weighted by atomic mass is 9.72. The summed E-state index contributed by atoms with van der Waals surface area (Å²) in [4.78, 5) is 0. The molecule has 1 atom stereocenters. The van der Waals surface area contributed by atoms with E-state index in [2.05, 4.69) is 60.7 Å². The minimum Gasteiger partial charge on any atom is -0.423 e. The van der Waals surface area contributed by atoms with Crippen LogP contribution < -0.4 is 5.46 Å². The van der Waals surface area contributed by atoms with Gasteiger partial charge in [-0.05, 0) is 74.1 Å². The lowest BCUT2D eigenvalue weighted by Gasteiger charge is -2.26. The minimum atomic E-state index is -1.52. The molecule has 4 aromatic carbocycles. The molecule has 0 spiro atoms. The predicted molar refractivity (Wildman–Crippen MR) is 139 cm³/mol. The summed E-state index contributed by atoms with van der Waals surface area (Å²) in [5.74, 6) is 0.381. The molecule has 0 radical (unpaired) electrons. The fourth-order valence-corrected chi connectivity index (χ4v) is 5.65. The van der Waals surface area contributed by atoms with Gasteiger partial charge in [0.15, 0.2) is 0 Å². The van der Waals surface area contributed by atoms with Gasteiger partial charge in [-0.15, -0.1) is 0 Å². The van der Waals surface area contributed by atoms with Crippen LogP contribution in [0.25, 0.3) is 32.7 Å². The van der Waals surface area contributed by atoms with Crippen LogP contribution in [0.3, 0.4) is 0 Å². The third-order valence-electron chi connectivity index (χ3n) is 7.13. The van der Waals surface area contributed by atoms with E-state index in [1.54, 1.807) is 0 Å². The highest BCUT2D eigenvalue weighted by Gasteiger charge is 2.24. The van der Waals surface area contributed by atoms with E-state index in [0.29, 0.717) is 11.4 Å². The molecule has 2 aliphatic rings. The number of fused-ring (bicyclic) bond motifs is 3. The van der Waals surface area contributed by atoms with Gasteiger partial charge >= 0.3 is 7.12 Å². The Balaban J connectivity index is 1.47. The first-order valence-corrected chi connectivity index (χ1v) is 11.7. The maximum absolute atomic E-state index is 10.2. The Morgan fingerprint density at radius 1 is 0.727 bits per heavy atom. The van der Waals surface area contributed by atoms with E-state index in [4.69, 9.17) is 0 Å². The highest BCUT2D eigenvalue weighted by atomic mass is 16.4. The third-order valence-corrected chi connectivity index (χ3v) is 7.13. The van der Waals surface area contributed by atoms with Gasteiger partial charge < -0.3 is 10.0 Å². The molecule has 2 nitrogen and oxygen atoms in total. The largest absolute Gasteiger partial charge is 0.489 e. The van der Waals surface area contributed by atoms with Gasteiger partial charge in [0.1, 0.15) is 0 Å². The maximum Gasteiger partial charge on any atom is 0.489 e. The number of benzene rings is 4. The zero-order valence-corrected chi connectivity index (χ0v) is 18.4. The first-order valence-electron chi connectivity index (χ1n) is 11.7. The Bertz CT molecular complexity index is 1420.